The van der Waals surface area contributed by atoms with Gasteiger partial charge in [-0.2, -0.15) is 0 Å². The minimum atomic E-state index is -0.730. The first-order valence-electron chi connectivity index (χ1n) is 5.58. The number of aryl methyl sites for hydroxylation is 2. The zero-order chi connectivity index (χ0) is 12.4. The molecule has 0 aliphatic rings. The van der Waals surface area contributed by atoms with Crippen molar-refractivity contribution in [1.29, 1.82) is 0 Å². The zero-order valence-corrected chi connectivity index (χ0v) is 11.7. The van der Waals surface area contributed by atoms with Gasteiger partial charge >= 0.3 is 0 Å². The molecule has 0 saturated heterocycles. The fourth-order valence-electron chi connectivity index (χ4n) is 2.04. The van der Waals surface area contributed by atoms with Crippen LogP contribution in [0, 0.1) is 11.7 Å². The number of hydrogen-bond donors (Lipinski definition) is 1. The summed E-state index contributed by atoms with van der Waals surface area (Å²) in [4.78, 5) is 3.21. The number of benzene rings is 1. The van der Waals surface area contributed by atoms with Crippen LogP contribution in [0.1, 0.15) is 12.0 Å². The monoisotopic (exact) mass is 268 g/mol. The second-order valence-corrected chi connectivity index (χ2v) is 6.13. The fourth-order valence-corrected chi connectivity index (χ4v) is 2.87. The molecular formula is C12H16N2OS2. The molecule has 1 unspecified atom stereocenters. The van der Waals surface area contributed by atoms with Gasteiger partial charge in [-0.05, 0) is 37.2 Å². The second kappa shape index (κ2) is 5.14. The number of aromatic amines is 1. The van der Waals surface area contributed by atoms with Crippen molar-refractivity contribution >= 4 is 34.1 Å². The van der Waals surface area contributed by atoms with Crippen molar-refractivity contribution in [2.45, 2.75) is 19.9 Å². The summed E-state index contributed by atoms with van der Waals surface area (Å²) in [5.74, 6) is 0.723. The summed E-state index contributed by atoms with van der Waals surface area (Å²) in [5, 5.41) is 0. The molecule has 5 heteroatoms. The highest BCUT2D eigenvalue weighted by molar-refractivity contribution is 7.84. The molecule has 0 aliphatic heterocycles. The summed E-state index contributed by atoms with van der Waals surface area (Å²) in [6.45, 7) is 2.91. The number of rotatable bonds is 4. The van der Waals surface area contributed by atoms with Crippen LogP contribution >= 0.6 is 12.2 Å². The van der Waals surface area contributed by atoms with Gasteiger partial charge in [0.2, 0.25) is 0 Å². The first-order chi connectivity index (χ1) is 8.09. The molecule has 3 nitrogen and oxygen atoms in total. The highest BCUT2D eigenvalue weighted by Gasteiger charge is 2.06. The number of aromatic nitrogens is 2. The summed E-state index contributed by atoms with van der Waals surface area (Å²) in [6.07, 6.45) is 2.62. The van der Waals surface area contributed by atoms with Crippen LogP contribution in [0.25, 0.3) is 11.0 Å². The van der Waals surface area contributed by atoms with Gasteiger partial charge < -0.3 is 9.55 Å². The molecule has 92 valence electrons. The van der Waals surface area contributed by atoms with E-state index in [1.54, 1.807) is 6.26 Å². The Bertz CT molecular complexity index is 612. The minimum absolute atomic E-state index is 0.723. The average molecular weight is 268 g/mol. The number of hydrogen-bond acceptors (Lipinski definition) is 2. The van der Waals surface area contributed by atoms with E-state index < -0.39 is 10.8 Å². The average Bonchev–Trinajstić information content (AvgIpc) is 2.56. The van der Waals surface area contributed by atoms with Gasteiger partial charge in [0.15, 0.2) is 4.77 Å². The van der Waals surface area contributed by atoms with Crippen molar-refractivity contribution in [3.8, 4) is 0 Å². The fraction of sp³-hybridized carbons (Fsp3) is 0.417. The normalized spacial score (nSPS) is 13.1. The molecule has 0 radical (unpaired) electrons. The number of nitrogens with one attached hydrogen (secondary N) is 1. The highest BCUT2D eigenvalue weighted by Crippen LogP contribution is 2.18. The predicted octanol–water partition coefficient (Wildman–Crippen LogP) is 2.78. The lowest BCUT2D eigenvalue weighted by molar-refractivity contribution is 0.665. The summed E-state index contributed by atoms with van der Waals surface area (Å²) >= 11 is 5.32. The predicted molar refractivity (Wildman–Crippen MR) is 75.4 cm³/mol. The van der Waals surface area contributed by atoms with E-state index in [2.05, 4.69) is 22.5 Å². The van der Waals surface area contributed by atoms with Crippen LogP contribution in [0.15, 0.2) is 18.2 Å². The molecule has 0 saturated carbocycles. The van der Waals surface area contributed by atoms with Gasteiger partial charge in [-0.15, -0.1) is 0 Å². The molecule has 1 atom stereocenters. The number of imidazole rings is 1. The number of para-hydroxylation sites is 1. The van der Waals surface area contributed by atoms with E-state index in [9.17, 15) is 4.21 Å². The first-order valence-corrected chi connectivity index (χ1v) is 7.71. The smallest absolute Gasteiger partial charge is 0.178 e. The van der Waals surface area contributed by atoms with Crippen LogP contribution in [0.3, 0.4) is 0 Å². The molecule has 2 rings (SSSR count). The summed E-state index contributed by atoms with van der Waals surface area (Å²) < 4.78 is 13.9. The van der Waals surface area contributed by atoms with Crippen LogP contribution in [0.5, 0.6) is 0 Å². The quantitative estimate of drug-likeness (QED) is 0.866. The van der Waals surface area contributed by atoms with Crippen molar-refractivity contribution in [2.24, 2.45) is 0 Å². The summed E-state index contributed by atoms with van der Waals surface area (Å²) in [5.41, 5.74) is 3.46. The van der Waals surface area contributed by atoms with E-state index in [1.165, 1.54) is 11.1 Å². The Labute approximate surface area is 108 Å². The van der Waals surface area contributed by atoms with Crippen LogP contribution in [-0.4, -0.2) is 25.8 Å². The standard InChI is InChI=1S/C12H16N2OS2/c1-9-5-3-6-10-11(9)14(12(16)13-10)7-4-8-17(2)15/h3,5-6H,4,7-8H2,1-2H3,(H,13,16). The van der Waals surface area contributed by atoms with Gasteiger partial charge in [0.1, 0.15) is 0 Å². The maximum absolute atomic E-state index is 11.1. The molecule has 1 aromatic carbocycles. The zero-order valence-electron chi connectivity index (χ0n) is 10.0. The molecule has 0 fully saturated rings. The molecule has 0 spiro atoms. The lowest BCUT2D eigenvalue weighted by atomic mass is 10.2. The third-order valence-corrected chi connectivity index (χ3v) is 3.99. The molecule has 0 bridgehead atoms. The summed E-state index contributed by atoms with van der Waals surface area (Å²) in [7, 11) is -0.730. The molecule has 0 aliphatic carbocycles. The third-order valence-electron chi connectivity index (χ3n) is 2.81. The van der Waals surface area contributed by atoms with E-state index >= 15 is 0 Å². The Morgan fingerprint density at radius 1 is 1.47 bits per heavy atom. The van der Waals surface area contributed by atoms with Crippen molar-refractivity contribution in [2.75, 3.05) is 12.0 Å². The first kappa shape index (κ1) is 12.5. The van der Waals surface area contributed by atoms with Gasteiger partial charge in [-0.25, -0.2) is 0 Å². The summed E-state index contributed by atoms with van der Waals surface area (Å²) in [6, 6.07) is 6.14. The molecule has 0 amide bonds. The lowest BCUT2D eigenvalue weighted by Gasteiger charge is -2.05. The number of nitrogens with zero attached hydrogens (tertiary/aromatic N) is 1. The van der Waals surface area contributed by atoms with Crippen LogP contribution < -0.4 is 0 Å². The van der Waals surface area contributed by atoms with Crippen molar-refractivity contribution in [1.82, 2.24) is 9.55 Å². The third kappa shape index (κ3) is 2.66. The van der Waals surface area contributed by atoms with E-state index in [0.29, 0.717) is 0 Å². The van der Waals surface area contributed by atoms with Crippen LogP contribution in [0.2, 0.25) is 0 Å². The molecular weight excluding hydrogens is 252 g/mol. The molecule has 1 N–H and O–H groups in total. The van der Waals surface area contributed by atoms with Gasteiger partial charge in [0.05, 0.1) is 11.0 Å². The van der Waals surface area contributed by atoms with Crippen molar-refractivity contribution < 1.29 is 4.21 Å². The van der Waals surface area contributed by atoms with E-state index in [0.717, 1.165) is 29.0 Å². The van der Waals surface area contributed by atoms with Crippen molar-refractivity contribution in [3.63, 3.8) is 0 Å². The van der Waals surface area contributed by atoms with Crippen LogP contribution in [-0.2, 0) is 17.3 Å². The second-order valence-electron chi connectivity index (χ2n) is 4.18. The Kier molecular flexibility index (Phi) is 3.79. The van der Waals surface area contributed by atoms with Gasteiger partial charge in [0.25, 0.3) is 0 Å². The van der Waals surface area contributed by atoms with Crippen LogP contribution in [0.4, 0.5) is 0 Å². The maximum atomic E-state index is 11.1. The van der Waals surface area contributed by atoms with E-state index in [1.807, 2.05) is 12.1 Å². The highest BCUT2D eigenvalue weighted by atomic mass is 32.2. The minimum Gasteiger partial charge on any atom is -0.331 e. The van der Waals surface area contributed by atoms with E-state index in [4.69, 9.17) is 12.2 Å². The van der Waals surface area contributed by atoms with Gasteiger partial charge in [0, 0.05) is 29.4 Å². The molecule has 17 heavy (non-hydrogen) atoms. The van der Waals surface area contributed by atoms with Gasteiger partial charge in [-0.1, -0.05) is 12.1 Å². The number of fused-ring (bicyclic) bond motifs is 1. The largest absolute Gasteiger partial charge is 0.331 e. The lowest BCUT2D eigenvalue weighted by Crippen LogP contribution is -2.03. The van der Waals surface area contributed by atoms with Gasteiger partial charge in [-0.3, -0.25) is 4.21 Å². The Morgan fingerprint density at radius 3 is 2.94 bits per heavy atom. The van der Waals surface area contributed by atoms with Crippen molar-refractivity contribution in [3.05, 3.63) is 28.5 Å². The number of H-pyrrole nitrogens is 1. The molecule has 1 heterocycles. The topological polar surface area (TPSA) is 37.8 Å². The molecule has 1 aromatic heterocycles. The Morgan fingerprint density at radius 2 is 2.24 bits per heavy atom. The van der Waals surface area contributed by atoms with E-state index in [-0.39, 0.29) is 0 Å². The Hall–Kier alpha value is -0.940. The maximum Gasteiger partial charge on any atom is 0.178 e. The Balaban J connectivity index is 2.36. The molecule has 2 aromatic rings. The SMILES string of the molecule is Cc1cccc2[nH]c(=S)n(CCCS(C)=O)c12.